The van der Waals surface area contributed by atoms with E-state index in [1.165, 1.54) is 11.1 Å². The molecule has 0 amide bonds. The molecule has 2 nitrogen and oxygen atoms in total. The molecular formula is C23H30NO+. The summed E-state index contributed by atoms with van der Waals surface area (Å²) in [5.41, 5.74) is 2.94. The van der Waals surface area contributed by atoms with Crippen molar-refractivity contribution < 1.29 is 10.4 Å². The number of nitrogens with two attached hydrogens (primary N) is 1. The van der Waals surface area contributed by atoms with Crippen molar-refractivity contribution >= 4 is 0 Å². The molecule has 2 heteroatoms. The summed E-state index contributed by atoms with van der Waals surface area (Å²) < 4.78 is 0. The molecule has 0 saturated carbocycles. The lowest BCUT2D eigenvalue weighted by atomic mass is 9.67. The van der Waals surface area contributed by atoms with E-state index in [1.807, 2.05) is 6.92 Å². The van der Waals surface area contributed by atoms with Gasteiger partial charge in [-0.05, 0) is 19.8 Å². The van der Waals surface area contributed by atoms with Crippen molar-refractivity contribution in [2.75, 3.05) is 0 Å². The van der Waals surface area contributed by atoms with Gasteiger partial charge in [0, 0.05) is 23.5 Å². The van der Waals surface area contributed by atoms with E-state index in [0.717, 1.165) is 18.4 Å². The normalized spacial score (nSPS) is 29.3. The molecule has 3 N–H and O–H groups in total. The van der Waals surface area contributed by atoms with Gasteiger partial charge in [-0.25, -0.2) is 0 Å². The van der Waals surface area contributed by atoms with Crippen LogP contribution in [0.5, 0.6) is 0 Å². The van der Waals surface area contributed by atoms with Gasteiger partial charge in [0.05, 0.1) is 5.60 Å². The Bertz CT molecular complexity index is 697. The summed E-state index contributed by atoms with van der Waals surface area (Å²) in [6, 6.07) is 21.7. The van der Waals surface area contributed by atoms with Crippen LogP contribution in [-0.2, 0) is 0 Å². The minimum absolute atomic E-state index is 0.214. The van der Waals surface area contributed by atoms with Gasteiger partial charge >= 0.3 is 0 Å². The minimum Gasteiger partial charge on any atom is -0.389 e. The molecular weight excluding hydrogens is 306 g/mol. The van der Waals surface area contributed by atoms with Gasteiger partial charge < -0.3 is 10.4 Å². The zero-order chi connectivity index (χ0) is 17.9. The summed E-state index contributed by atoms with van der Waals surface area (Å²) in [5, 5.41) is 14.1. The fourth-order valence-electron chi connectivity index (χ4n) is 4.63. The molecule has 0 unspecified atom stereocenters. The maximum atomic E-state index is 11.7. The number of benzene rings is 2. The first-order valence-corrected chi connectivity index (χ1v) is 9.35. The van der Waals surface area contributed by atoms with Crippen molar-refractivity contribution in [3.63, 3.8) is 0 Å². The summed E-state index contributed by atoms with van der Waals surface area (Å²) in [5.74, 6) is 0.214. The zero-order valence-electron chi connectivity index (χ0n) is 15.4. The highest BCUT2D eigenvalue weighted by atomic mass is 16.3. The first-order valence-electron chi connectivity index (χ1n) is 9.35. The molecule has 0 aliphatic carbocycles. The Morgan fingerprint density at radius 1 is 1.08 bits per heavy atom. The van der Waals surface area contributed by atoms with E-state index in [1.54, 1.807) is 0 Å². The Labute approximate surface area is 151 Å². The highest BCUT2D eigenvalue weighted by Gasteiger charge is 2.50. The van der Waals surface area contributed by atoms with Gasteiger partial charge in [-0.2, -0.15) is 0 Å². The van der Waals surface area contributed by atoms with Crippen LogP contribution in [0.25, 0.3) is 0 Å². The summed E-state index contributed by atoms with van der Waals surface area (Å²) in [7, 11) is 0. The van der Waals surface area contributed by atoms with Gasteiger partial charge in [0.2, 0.25) is 0 Å². The number of aliphatic hydroxyl groups is 1. The smallest absolute Gasteiger partial charge is 0.118 e. The van der Waals surface area contributed by atoms with Crippen LogP contribution in [0.3, 0.4) is 0 Å². The molecule has 1 heterocycles. The third-order valence-electron chi connectivity index (χ3n) is 5.60. The molecule has 2 aromatic rings. The summed E-state index contributed by atoms with van der Waals surface area (Å²) in [6.07, 6.45) is 2.40. The summed E-state index contributed by atoms with van der Waals surface area (Å²) >= 11 is 0. The van der Waals surface area contributed by atoms with E-state index in [-0.39, 0.29) is 18.0 Å². The molecule has 1 aliphatic rings. The lowest BCUT2D eigenvalue weighted by molar-refractivity contribution is -0.757. The Morgan fingerprint density at radius 3 is 2.16 bits per heavy atom. The Hall–Kier alpha value is -1.90. The first-order chi connectivity index (χ1) is 12.0. The van der Waals surface area contributed by atoms with E-state index < -0.39 is 5.60 Å². The summed E-state index contributed by atoms with van der Waals surface area (Å²) in [4.78, 5) is 0. The second-order valence-corrected chi connectivity index (χ2v) is 7.60. The highest BCUT2D eigenvalue weighted by Crippen LogP contribution is 2.43. The van der Waals surface area contributed by atoms with Crippen LogP contribution in [0.1, 0.15) is 56.3 Å². The van der Waals surface area contributed by atoms with Gasteiger partial charge in [-0.1, -0.05) is 73.2 Å². The number of hydrogen-bond donors (Lipinski definition) is 2. The molecule has 0 spiro atoms. The van der Waals surface area contributed by atoms with Gasteiger partial charge in [-0.15, -0.1) is 6.58 Å². The predicted octanol–water partition coefficient (Wildman–Crippen LogP) is 4.16. The van der Waals surface area contributed by atoms with Crippen molar-refractivity contribution in [3.8, 4) is 0 Å². The standard InChI is InChI=1S/C23H29NO/c1-4-20-22(19-13-9-6-10-14-19)24-21(18-11-7-5-8-12-18)16-23(20,25)15-17(2)3/h5-14,20-22,24-25H,2,4,15-16H2,1,3H3/p+1/t20-,21+,22-,23-/m1/s1. The molecule has 132 valence electrons. The lowest BCUT2D eigenvalue weighted by Crippen LogP contribution is -2.91. The van der Waals surface area contributed by atoms with Crippen LogP contribution in [0.15, 0.2) is 72.8 Å². The maximum absolute atomic E-state index is 11.7. The topological polar surface area (TPSA) is 36.8 Å². The average Bonchev–Trinajstić information content (AvgIpc) is 2.61. The van der Waals surface area contributed by atoms with E-state index >= 15 is 0 Å². The predicted molar refractivity (Wildman–Crippen MR) is 103 cm³/mol. The third kappa shape index (κ3) is 3.86. The second kappa shape index (κ2) is 7.55. The monoisotopic (exact) mass is 336 g/mol. The lowest BCUT2D eigenvalue weighted by Gasteiger charge is -2.46. The van der Waals surface area contributed by atoms with Crippen LogP contribution < -0.4 is 5.32 Å². The van der Waals surface area contributed by atoms with Crippen LogP contribution >= 0.6 is 0 Å². The van der Waals surface area contributed by atoms with Gasteiger partial charge in [0.15, 0.2) is 0 Å². The van der Waals surface area contributed by atoms with Crippen LogP contribution in [-0.4, -0.2) is 10.7 Å². The van der Waals surface area contributed by atoms with Crippen molar-refractivity contribution in [1.29, 1.82) is 0 Å². The van der Waals surface area contributed by atoms with Crippen molar-refractivity contribution in [3.05, 3.63) is 83.9 Å². The number of rotatable bonds is 5. The third-order valence-corrected chi connectivity index (χ3v) is 5.60. The Morgan fingerprint density at radius 2 is 1.64 bits per heavy atom. The highest BCUT2D eigenvalue weighted by molar-refractivity contribution is 5.23. The molecule has 1 fully saturated rings. The average molecular weight is 336 g/mol. The Kier molecular flexibility index (Phi) is 5.41. The fraction of sp³-hybridized carbons (Fsp3) is 0.391. The molecule has 4 atom stereocenters. The van der Waals surface area contributed by atoms with Crippen LogP contribution in [0.4, 0.5) is 0 Å². The van der Waals surface area contributed by atoms with Crippen molar-refractivity contribution in [1.82, 2.24) is 0 Å². The summed E-state index contributed by atoms with van der Waals surface area (Å²) in [6.45, 7) is 8.31. The molecule has 3 rings (SSSR count). The number of piperidine rings is 1. The largest absolute Gasteiger partial charge is 0.389 e. The molecule has 2 aromatic carbocycles. The molecule has 25 heavy (non-hydrogen) atoms. The maximum Gasteiger partial charge on any atom is 0.118 e. The van der Waals surface area contributed by atoms with Gasteiger partial charge in [0.1, 0.15) is 12.1 Å². The van der Waals surface area contributed by atoms with E-state index in [2.05, 4.69) is 79.5 Å². The van der Waals surface area contributed by atoms with Gasteiger partial charge in [0.25, 0.3) is 0 Å². The van der Waals surface area contributed by atoms with Crippen molar-refractivity contribution in [2.45, 2.75) is 50.8 Å². The molecule has 1 saturated heterocycles. The quantitative estimate of drug-likeness (QED) is 0.790. The zero-order valence-corrected chi connectivity index (χ0v) is 15.4. The molecule has 1 aliphatic heterocycles. The second-order valence-electron chi connectivity index (χ2n) is 7.60. The first kappa shape index (κ1) is 17.9. The molecule has 0 aromatic heterocycles. The fourth-order valence-corrected chi connectivity index (χ4v) is 4.63. The van der Waals surface area contributed by atoms with E-state index in [4.69, 9.17) is 0 Å². The van der Waals surface area contributed by atoms with Crippen molar-refractivity contribution in [2.24, 2.45) is 5.92 Å². The minimum atomic E-state index is -0.712. The SMILES string of the molecule is C=C(C)C[C@@]1(O)C[C@@H](c2ccccc2)[NH2+][C@H](c2ccccc2)[C@H]1CC. The molecule has 0 radical (unpaired) electrons. The molecule has 0 bridgehead atoms. The van der Waals surface area contributed by atoms with Crippen LogP contribution in [0.2, 0.25) is 0 Å². The van der Waals surface area contributed by atoms with E-state index in [0.29, 0.717) is 6.42 Å². The van der Waals surface area contributed by atoms with Crippen LogP contribution in [0, 0.1) is 5.92 Å². The van der Waals surface area contributed by atoms with E-state index in [9.17, 15) is 5.11 Å². The Balaban J connectivity index is 2.01. The number of quaternary nitrogens is 1. The van der Waals surface area contributed by atoms with Gasteiger partial charge in [-0.3, -0.25) is 0 Å². The number of hydrogen-bond acceptors (Lipinski definition) is 1.